The van der Waals surface area contributed by atoms with Gasteiger partial charge < -0.3 is 5.73 Å². The molecule has 1 aromatic heterocycles. The van der Waals surface area contributed by atoms with E-state index in [0.29, 0.717) is 17.3 Å². The van der Waals surface area contributed by atoms with Crippen LogP contribution < -0.4 is 5.73 Å². The van der Waals surface area contributed by atoms with Crippen molar-refractivity contribution in [3.63, 3.8) is 0 Å². The molecule has 108 valence electrons. The first-order valence-electron chi connectivity index (χ1n) is 6.90. The predicted octanol–water partition coefficient (Wildman–Crippen LogP) is 2.69. The van der Waals surface area contributed by atoms with Crippen molar-refractivity contribution in [2.45, 2.75) is 31.6 Å². The Balaban J connectivity index is 1.95. The zero-order valence-corrected chi connectivity index (χ0v) is 11.4. The monoisotopic (exact) mass is 285 g/mol. The van der Waals surface area contributed by atoms with Gasteiger partial charge in [-0.2, -0.15) is 9.97 Å². The number of hydrogen-bond donors (Lipinski definition) is 1. The standard InChI is InChI=1S/C14H15N5O2/c15-14-17-12(9-3-1-2-4-9)16-13(18-14)10-5-7-11(8-6-10)19(20)21/h5-9H,1-4H2,(H2,15,16,17,18). The third kappa shape index (κ3) is 2.81. The number of nitrogens with zero attached hydrogens (tertiary/aromatic N) is 4. The molecule has 1 heterocycles. The van der Waals surface area contributed by atoms with E-state index in [-0.39, 0.29) is 11.6 Å². The third-order valence-corrected chi connectivity index (χ3v) is 3.73. The number of anilines is 1. The van der Waals surface area contributed by atoms with Crippen LogP contribution in [0.3, 0.4) is 0 Å². The van der Waals surface area contributed by atoms with Gasteiger partial charge in [-0.25, -0.2) is 4.98 Å². The van der Waals surface area contributed by atoms with Crippen LogP contribution in [0.1, 0.15) is 37.4 Å². The molecule has 1 aliphatic carbocycles. The highest BCUT2D eigenvalue weighted by Crippen LogP contribution is 2.33. The average Bonchev–Trinajstić information content (AvgIpc) is 3.01. The molecule has 0 radical (unpaired) electrons. The minimum Gasteiger partial charge on any atom is -0.368 e. The number of nitro benzene ring substituents is 1. The lowest BCUT2D eigenvalue weighted by atomic mass is 10.1. The van der Waals surface area contributed by atoms with Gasteiger partial charge in [-0.15, -0.1) is 0 Å². The Labute approximate surface area is 121 Å². The summed E-state index contributed by atoms with van der Waals surface area (Å²) >= 11 is 0. The predicted molar refractivity (Wildman–Crippen MR) is 77.5 cm³/mol. The van der Waals surface area contributed by atoms with Crippen molar-refractivity contribution in [1.29, 1.82) is 0 Å². The fourth-order valence-corrected chi connectivity index (χ4v) is 2.64. The normalized spacial score (nSPS) is 15.2. The lowest BCUT2D eigenvalue weighted by molar-refractivity contribution is -0.384. The number of rotatable bonds is 3. The molecule has 21 heavy (non-hydrogen) atoms. The molecular weight excluding hydrogens is 270 g/mol. The summed E-state index contributed by atoms with van der Waals surface area (Å²) in [5.74, 6) is 1.74. The largest absolute Gasteiger partial charge is 0.368 e. The molecule has 0 unspecified atom stereocenters. The topological polar surface area (TPSA) is 108 Å². The van der Waals surface area contributed by atoms with E-state index in [4.69, 9.17) is 5.73 Å². The number of nitrogens with two attached hydrogens (primary N) is 1. The number of nitro groups is 1. The summed E-state index contributed by atoms with van der Waals surface area (Å²) in [6.45, 7) is 0. The second-order valence-corrected chi connectivity index (χ2v) is 5.16. The summed E-state index contributed by atoms with van der Waals surface area (Å²) in [5.41, 5.74) is 6.51. The van der Waals surface area contributed by atoms with Crippen LogP contribution in [0, 0.1) is 10.1 Å². The lowest BCUT2D eigenvalue weighted by Crippen LogP contribution is -2.07. The lowest BCUT2D eigenvalue weighted by Gasteiger charge is -2.09. The highest BCUT2D eigenvalue weighted by Gasteiger charge is 2.21. The molecule has 1 aromatic carbocycles. The van der Waals surface area contributed by atoms with Crippen molar-refractivity contribution in [1.82, 2.24) is 15.0 Å². The molecule has 1 saturated carbocycles. The van der Waals surface area contributed by atoms with Crippen molar-refractivity contribution in [3.8, 4) is 11.4 Å². The van der Waals surface area contributed by atoms with Crippen LogP contribution in [0.4, 0.5) is 11.6 Å². The van der Waals surface area contributed by atoms with Crippen molar-refractivity contribution in [2.75, 3.05) is 5.73 Å². The van der Waals surface area contributed by atoms with Crippen molar-refractivity contribution in [2.24, 2.45) is 0 Å². The summed E-state index contributed by atoms with van der Waals surface area (Å²) in [6.07, 6.45) is 4.51. The quantitative estimate of drug-likeness (QED) is 0.686. The minimum atomic E-state index is -0.435. The van der Waals surface area contributed by atoms with Crippen molar-refractivity contribution >= 4 is 11.6 Å². The van der Waals surface area contributed by atoms with E-state index in [0.717, 1.165) is 18.7 Å². The first kappa shape index (κ1) is 13.4. The van der Waals surface area contributed by atoms with Gasteiger partial charge in [0.2, 0.25) is 5.95 Å². The Kier molecular flexibility index (Phi) is 3.47. The van der Waals surface area contributed by atoms with E-state index in [1.807, 2.05) is 0 Å². The molecule has 7 nitrogen and oxygen atoms in total. The van der Waals surface area contributed by atoms with Gasteiger partial charge in [-0.05, 0) is 25.0 Å². The van der Waals surface area contributed by atoms with Gasteiger partial charge in [0.25, 0.3) is 5.69 Å². The van der Waals surface area contributed by atoms with E-state index in [2.05, 4.69) is 15.0 Å². The van der Waals surface area contributed by atoms with Crippen LogP contribution in [0.2, 0.25) is 0 Å². The number of nitrogen functional groups attached to an aromatic ring is 1. The third-order valence-electron chi connectivity index (χ3n) is 3.73. The summed E-state index contributed by atoms with van der Waals surface area (Å²) in [7, 11) is 0. The number of aromatic nitrogens is 3. The van der Waals surface area contributed by atoms with E-state index in [1.165, 1.54) is 25.0 Å². The molecule has 0 aliphatic heterocycles. The van der Waals surface area contributed by atoms with Crippen LogP contribution in [0.15, 0.2) is 24.3 Å². The Morgan fingerprint density at radius 2 is 1.76 bits per heavy atom. The maximum Gasteiger partial charge on any atom is 0.269 e. The first-order valence-corrected chi connectivity index (χ1v) is 6.90. The fourth-order valence-electron chi connectivity index (χ4n) is 2.64. The number of benzene rings is 1. The van der Waals surface area contributed by atoms with E-state index in [1.54, 1.807) is 12.1 Å². The zero-order valence-electron chi connectivity index (χ0n) is 11.4. The maximum absolute atomic E-state index is 10.7. The van der Waals surface area contributed by atoms with E-state index in [9.17, 15) is 10.1 Å². The van der Waals surface area contributed by atoms with Gasteiger partial charge >= 0.3 is 0 Å². The molecule has 0 atom stereocenters. The highest BCUT2D eigenvalue weighted by molar-refractivity contribution is 5.58. The second-order valence-electron chi connectivity index (χ2n) is 5.16. The van der Waals surface area contributed by atoms with Gasteiger partial charge in [-0.1, -0.05) is 12.8 Å². The second kappa shape index (κ2) is 5.43. The van der Waals surface area contributed by atoms with Crippen LogP contribution in [-0.2, 0) is 0 Å². The zero-order chi connectivity index (χ0) is 14.8. The molecule has 2 N–H and O–H groups in total. The Hall–Kier alpha value is -2.57. The molecule has 3 rings (SSSR count). The van der Waals surface area contributed by atoms with E-state index >= 15 is 0 Å². The molecule has 0 saturated heterocycles. The number of non-ortho nitro benzene ring substituents is 1. The SMILES string of the molecule is Nc1nc(-c2ccc([N+](=O)[O-])cc2)nc(C2CCCC2)n1. The summed E-state index contributed by atoms with van der Waals surface area (Å²) < 4.78 is 0. The Morgan fingerprint density at radius 3 is 2.38 bits per heavy atom. The molecule has 0 bridgehead atoms. The van der Waals surface area contributed by atoms with E-state index < -0.39 is 4.92 Å². The molecule has 1 aliphatic rings. The van der Waals surface area contributed by atoms with Crippen LogP contribution in [0.5, 0.6) is 0 Å². The van der Waals surface area contributed by atoms with Crippen molar-refractivity contribution in [3.05, 3.63) is 40.2 Å². The van der Waals surface area contributed by atoms with Gasteiger partial charge in [-0.3, -0.25) is 10.1 Å². The van der Waals surface area contributed by atoms with Gasteiger partial charge in [0.1, 0.15) is 5.82 Å². The summed E-state index contributed by atoms with van der Waals surface area (Å²) in [5, 5.41) is 10.7. The van der Waals surface area contributed by atoms with Crippen LogP contribution in [-0.4, -0.2) is 19.9 Å². The van der Waals surface area contributed by atoms with Gasteiger partial charge in [0.05, 0.1) is 4.92 Å². The number of hydrogen-bond acceptors (Lipinski definition) is 6. The summed E-state index contributed by atoms with van der Waals surface area (Å²) in [4.78, 5) is 23.1. The molecule has 7 heteroatoms. The van der Waals surface area contributed by atoms with Crippen LogP contribution >= 0.6 is 0 Å². The maximum atomic E-state index is 10.7. The average molecular weight is 285 g/mol. The minimum absolute atomic E-state index is 0.0387. The molecule has 0 spiro atoms. The Morgan fingerprint density at radius 1 is 1.10 bits per heavy atom. The van der Waals surface area contributed by atoms with Gasteiger partial charge in [0, 0.05) is 23.6 Å². The van der Waals surface area contributed by atoms with Crippen LogP contribution in [0.25, 0.3) is 11.4 Å². The van der Waals surface area contributed by atoms with Gasteiger partial charge in [0.15, 0.2) is 5.82 Å². The molecule has 0 amide bonds. The molecule has 2 aromatic rings. The molecular formula is C14H15N5O2. The Bertz CT molecular complexity index is 666. The highest BCUT2D eigenvalue weighted by atomic mass is 16.6. The smallest absolute Gasteiger partial charge is 0.269 e. The first-order chi connectivity index (χ1) is 10.1. The fraction of sp³-hybridized carbons (Fsp3) is 0.357. The molecule has 1 fully saturated rings. The van der Waals surface area contributed by atoms with Crippen molar-refractivity contribution < 1.29 is 4.92 Å². The summed E-state index contributed by atoms with van der Waals surface area (Å²) in [6, 6.07) is 6.13.